The van der Waals surface area contributed by atoms with Crippen LogP contribution in [0, 0.1) is 18.3 Å². The number of hydrogen-bond donors (Lipinski definition) is 1. The number of nitrogens with one attached hydrogen (secondary N) is 1. The van der Waals surface area contributed by atoms with Gasteiger partial charge in [-0.1, -0.05) is 13.0 Å². The number of alkyl halides is 3. The molecule has 1 unspecified atom stereocenters. The molecule has 0 aliphatic heterocycles. The largest absolute Gasteiger partial charge is 0.407 e. The van der Waals surface area contributed by atoms with Crippen molar-refractivity contribution < 1.29 is 22.4 Å². The number of thioether (sulfide) groups is 1. The fourth-order valence-corrected chi connectivity index (χ4v) is 2.95. The molecular formula is C18H14F4N2OS. The molecule has 3 nitrogen and oxygen atoms in total. The maximum atomic E-state index is 13.0. The summed E-state index contributed by atoms with van der Waals surface area (Å²) in [4.78, 5) is 15.8. The van der Waals surface area contributed by atoms with Crippen LogP contribution in [0.15, 0.2) is 47.4 Å². The second kappa shape index (κ2) is 8.23. The van der Waals surface area contributed by atoms with Gasteiger partial charge in [0.2, 0.25) is 5.91 Å². The highest BCUT2D eigenvalue weighted by atomic mass is 32.2. The molecule has 0 spiro atoms. The van der Waals surface area contributed by atoms with Crippen LogP contribution in [0.1, 0.15) is 12.5 Å². The van der Waals surface area contributed by atoms with E-state index in [1.807, 2.05) is 0 Å². The van der Waals surface area contributed by atoms with Crippen molar-refractivity contribution in [2.24, 2.45) is 5.92 Å². The van der Waals surface area contributed by atoms with Crippen LogP contribution in [-0.4, -0.2) is 11.7 Å². The Morgan fingerprint density at radius 2 is 1.88 bits per heavy atom. The van der Waals surface area contributed by atoms with Crippen molar-refractivity contribution in [3.05, 3.63) is 65.3 Å². The molecule has 0 saturated carbocycles. The van der Waals surface area contributed by atoms with E-state index in [0.29, 0.717) is 5.75 Å². The SMILES string of the molecule is [C-]#[N+]c1ccc(NC(=O)C(C)CSc2ccc(F)cc2)cc1C(F)(F)F. The van der Waals surface area contributed by atoms with Crippen LogP contribution < -0.4 is 5.32 Å². The predicted octanol–water partition coefficient (Wildman–Crippen LogP) is 5.76. The van der Waals surface area contributed by atoms with Crippen LogP contribution >= 0.6 is 11.8 Å². The number of halogens is 4. The van der Waals surface area contributed by atoms with Crippen molar-refractivity contribution in [2.75, 3.05) is 11.1 Å². The van der Waals surface area contributed by atoms with Crippen LogP contribution in [0.2, 0.25) is 0 Å². The second-order valence-corrected chi connectivity index (χ2v) is 6.59. The number of rotatable bonds is 5. The van der Waals surface area contributed by atoms with E-state index in [-0.39, 0.29) is 11.5 Å². The average molecular weight is 382 g/mol. The van der Waals surface area contributed by atoms with E-state index in [1.54, 1.807) is 19.1 Å². The molecule has 0 radical (unpaired) electrons. The van der Waals surface area contributed by atoms with Gasteiger partial charge in [0.1, 0.15) is 5.82 Å². The fourth-order valence-electron chi connectivity index (χ4n) is 2.03. The van der Waals surface area contributed by atoms with Gasteiger partial charge in [-0.05, 0) is 36.4 Å². The second-order valence-electron chi connectivity index (χ2n) is 5.50. The van der Waals surface area contributed by atoms with Gasteiger partial charge in [-0.3, -0.25) is 4.79 Å². The van der Waals surface area contributed by atoms with Crippen LogP contribution in [0.3, 0.4) is 0 Å². The molecular weight excluding hydrogens is 368 g/mol. The standard InChI is InChI=1S/C18H14F4N2OS/c1-11(10-26-14-6-3-12(19)4-7-14)17(25)24-13-5-8-16(23-2)15(9-13)18(20,21)22/h3-9,11H,10H2,1H3,(H,24,25). The maximum absolute atomic E-state index is 13.0. The third kappa shape index (κ3) is 5.23. The third-order valence-electron chi connectivity index (χ3n) is 3.45. The van der Waals surface area contributed by atoms with Gasteiger partial charge in [-0.2, -0.15) is 13.2 Å². The van der Waals surface area contributed by atoms with E-state index >= 15 is 0 Å². The van der Waals surface area contributed by atoms with Gasteiger partial charge in [0.05, 0.1) is 12.1 Å². The van der Waals surface area contributed by atoms with Gasteiger partial charge in [0, 0.05) is 22.3 Å². The first-order valence-electron chi connectivity index (χ1n) is 7.48. The summed E-state index contributed by atoms with van der Waals surface area (Å²) in [5.74, 6) is -0.907. The van der Waals surface area contributed by atoms with Gasteiger partial charge in [0.15, 0.2) is 5.69 Å². The molecule has 136 valence electrons. The summed E-state index contributed by atoms with van der Waals surface area (Å²) in [6, 6.07) is 8.84. The summed E-state index contributed by atoms with van der Waals surface area (Å²) in [7, 11) is 0. The van der Waals surface area contributed by atoms with Crippen LogP contribution in [0.5, 0.6) is 0 Å². The smallest absolute Gasteiger partial charge is 0.326 e. The zero-order valence-corrected chi connectivity index (χ0v) is 14.4. The molecule has 0 saturated heterocycles. The highest BCUT2D eigenvalue weighted by Gasteiger charge is 2.33. The molecule has 0 fully saturated rings. The van der Waals surface area contributed by atoms with Gasteiger partial charge in [-0.15, -0.1) is 11.8 Å². The van der Waals surface area contributed by atoms with Crippen molar-refractivity contribution in [1.29, 1.82) is 0 Å². The number of carbonyl (C=O) groups is 1. The zero-order valence-electron chi connectivity index (χ0n) is 13.6. The zero-order chi connectivity index (χ0) is 19.3. The van der Waals surface area contributed by atoms with E-state index in [4.69, 9.17) is 6.57 Å². The van der Waals surface area contributed by atoms with E-state index in [2.05, 4.69) is 10.2 Å². The molecule has 0 aromatic heterocycles. The summed E-state index contributed by atoms with van der Waals surface area (Å²) >= 11 is 1.34. The summed E-state index contributed by atoms with van der Waals surface area (Å²) in [6.45, 7) is 8.45. The van der Waals surface area contributed by atoms with E-state index < -0.39 is 29.3 Å². The molecule has 8 heteroatoms. The van der Waals surface area contributed by atoms with E-state index in [9.17, 15) is 22.4 Å². The summed E-state index contributed by atoms with van der Waals surface area (Å²) in [6.07, 6.45) is -4.68. The summed E-state index contributed by atoms with van der Waals surface area (Å²) in [5.41, 5.74) is -1.62. The van der Waals surface area contributed by atoms with Crippen molar-refractivity contribution in [2.45, 2.75) is 18.0 Å². The third-order valence-corrected chi connectivity index (χ3v) is 4.72. The van der Waals surface area contributed by atoms with Crippen LogP contribution in [0.25, 0.3) is 4.85 Å². The van der Waals surface area contributed by atoms with Crippen molar-refractivity contribution >= 4 is 29.0 Å². The predicted molar refractivity (Wildman–Crippen MR) is 92.6 cm³/mol. The minimum atomic E-state index is -4.68. The Morgan fingerprint density at radius 1 is 1.23 bits per heavy atom. The summed E-state index contributed by atoms with van der Waals surface area (Å²) in [5, 5.41) is 2.44. The average Bonchev–Trinajstić information content (AvgIpc) is 2.60. The van der Waals surface area contributed by atoms with Crippen LogP contribution in [-0.2, 0) is 11.0 Å². The molecule has 1 amide bonds. The Bertz CT molecular complexity index is 829. The minimum absolute atomic E-state index is 0.0200. The molecule has 0 heterocycles. The highest BCUT2D eigenvalue weighted by molar-refractivity contribution is 7.99. The first-order chi connectivity index (χ1) is 12.2. The Labute approximate surface area is 152 Å². The number of anilines is 1. The Morgan fingerprint density at radius 3 is 2.46 bits per heavy atom. The van der Waals surface area contributed by atoms with Gasteiger partial charge >= 0.3 is 6.18 Å². The number of hydrogen-bond acceptors (Lipinski definition) is 2. The van der Waals surface area contributed by atoms with Gasteiger partial charge < -0.3 is 5.32 Å². The lowest BCUT2D eigenvalue weighted by Gasteiger charge is -2.14. The lowest BCUT2D eigenvalue weighted by atomic mass is 10.1. The fraction of sp³-hybridized carbons (Fsp3) is 0.222. The number of nitrogens with zero attached hydrogens (tertiary/aromatic N) is 1. The molecule has 2 rings (SSSR count). The molecule has 0 aliphatic carbocycles. The Kier molecular flexibility index (Phi) is 6.27. The van der Waals surface area contributed by atoms with E-state index in [0.717, 1.165) is 17.0 Å². The molecule has 2 aromatic rings. The van der Waals surface area contributed by atoms with Gasteiger partial charge in [-0.25, -0.2) is 9.24 Å². The highest BCUT2D eigenvalue weighted by Crippen LogP contribution is 2.38. The molecule has 2 aromatic carbocycles. The minimum Gasteiger partial charge on any atom is -0.326 e. The van der Waals surface area contributed by atoms with Crippen molar-refractivity contribution in [1.82, 2.24) is 0 Å². The number of amides is 1. The Hall–Kier alpha value is -2.53. The van der Waals surface area contributed by atoms with Gasteiger partial charge in [0.25, 0.3) is 0 Å². The molecule has 0 aliphatic rings. The molecule has 1 atom stereocenters. The maximum Gasteiger partial charge on any atom is 0.407 e. The Balaban J connectivity index is 2.02. The number of carbonyl (C=O) groups excluding carboxylic acids is 1. The lowest BCUT2D eigenvalue weighted by molar-refractivity contribution is -0.136. The molecule has 0 bridgehead atoms. The van der Waals surface area contributed by atoms with Crippen molar-refractivity contribution in [3.63, 3.8) is 0 Å². The first-order valence-corrected chi connectivity index (χ1v) is 8.47. The number of benzene rings is 2. The van der Waals surface area contributed by atoms with Crippen LogP contribution in [0.4, 0.5) is 28.9 Å². The van der Waals surface area contributed by atoms with E-state index in [1.165, 1.54) is 30.0 Å². The normalized spacial score (nSPS) is 12.3. The monoisotopic (exact) mass is 382 g/mol. The lowest BCUT2D eigenvalue weighted by Crippen LogP contribution is -2.22. The molecule has 26 heavy (non-hydrogen) atoms. The van der Waals surface area contributed by atoms with Crippen molar-refractivity contribution in [3.8, 4) is 0 Å². The quantitative estimate of drug-likeness (QED) is 0.405. The summed E-state index contributed by atoms with van der Waals surface area (Å²) < 4.78 is 51.7. The topological polar surface area (TPSA) is 33.5 Å². The molecule has 1 N–H and O–H groups in total. The first kappa shape index (κ1) is 19.8.